The van der Waals surface area contributed by atoms with Crippen LogP contribution >= 0.6 is 0 Å². The van der Waals surface area contributed by atoms with Crippen LogP contribution in [0, 0.1) is 0 Å². The third-order valence-corrected chi connectivity index (χ3v) is 14.3. The molecule has 23 nitrogen and oxygen atoms in total. The molecule has 0 bridgehead atoms. The molecule has 23 heteroatoms. The molecule has 5 aromatic rings. The Morgan fingerprint density at radius 3 is 1.05 bits per heavy atom. The number of hydrogen-bond acceptors (Lipinski definition) is 21. The first-order chi connectivity index (χ1) is 39.7. The van der Waals surface area contributed by atoms with Crippen molar-refractivity contribution in [2.75, 3.05) is 13.2 Å². The summed E-state index contributed by atoms with van der Waals surface area (Å²) in [6.07, 6.45) is -36.7. The maximum absolute atomic E-state index is 13.3. The van der Waals surface area contributed by atoms with Crippen molar-refractivity contribution in [3.8, 4) is 0 Å². The van der Waals surface area contributed by atoms with Gasteiger partial charge in [-0.1, -0.05) is 152 Å². The minimum Gasteiger partial charge on any atom is -0.479 e. The standard InChI is InChI=1S/C59H68O23/c60-40-43(63)56(75-30-37-24-14-5-15-25-37)76-38(31-71-26-33-16-6-1-7-17-33)47(40)79-59-46(66)50(51(53(82-59)55(69)70)74-29-36-22-12-4-13-23-36)80-57-44(64)41(61)48(39(77-57)32-72-27-34-18-8-2-9-19-34)78-58-45(65)42(62)49(52(81-58)54(67)68)73-28-35-20-10-3-11-21-35/h1-25,38-53,56-66H,26-32H2,(H,67,68)(H,69,70). The molecule has 0 aromatic heterocycles. The lowest BCUT2D eigenvalue weighted by molar-refractivity contribution is -0.389. The second kappa shape index (κ2) is 29.2. The van der Waals surface area contributed by atoms with E-state index in [9.17, 15) is 55.5 Å². The molecular formula is C59H68O23. The summed E-state index contributed by atoms with van der Waals surface area (Å²) in [7, 11) is 0. The van der Waals surface area contributed by atoms with Crippen molar-refractivity contribution >= 4 is 11.9 Å². The van der Waals surface area contributed by atoms with E-state index >= 15 is 0 Å². The fourth-order valence-electron chi connectivity index (χ4n) is 9.96. The Hall–Kier alpha value is -5.72. The summed E-state index contributed by atoms with van der Waals surface area (Å²) in [5, 5.41) is 104. The minimum atomic E-state index is -2.16. The third kappa shape index (κ3) is 15.3. The molecule has 0 radical (unpaired) electrons. The number of carboxylic acids is 2. The van der Waals surface area contributed by atoms with Gasteiger partial charge in [-0.05, 0) is 27.8 Å². The molecule has 4 aliphatic rings. The van der Waals surface area contributed by atoms with Crippen molar-refractivity contribution < 1.29 is 112 Å². The fourth-order valence-corrected chi connectivity index (χ4v) is 9.96. The van der Waals surface area contributed by atoms with Crippen molar-refractivity contribution in [3.63, 3.8) is 0 Å². The van der Waals surface area contributed by atoms with Gasteiger partial charge in [0.2, 0.25) is 0 Å². The van der Waals surface area contributed by atoms with E-state index in [1.165, 1.54) is 0 Å². The maximum atomic E-state index is 13.3. The van der Waals surface area contributed by atoms with Gasteiger partial charge >= 0.3 is 11.9 Å². The third-order valence-electron chi connectivity index (χ3n) is 14.3. The van der Waals surface area contributed by atoms with Gasteiger partial charge in [0.05, 0.1) is 46.2 Å². The first-order valence-electron chi connectivity index (χ1n) is 26.7. The monoisotopic (exact) mass is 1140 g/mol. The molecule has 442 valence electrons. The van der Waals surface area contributed by atoms with Gasteiger partial charge in [-0.15, -0.1) is 0 Å². The van der Waals surface area contributed by atoms with Crippen LogP contribution in [0.4, 0.5) is 0 Å². The average Bonchev–Trinajstić information content (AvgIpc) is 3.60. The van der Waals surface area contributed by atoms with Crippen molar-refractivity contribution in [1.29, 1.82) is 0 Å². The van der Waals surface area contributed by atoms with E-state index < -0.39 is 141 Å². The largest absolute Gasteiger partial charge is 0.479 e. The zero-order chi connectivity index (χ0) is 57.7. The Bertz CT molecular complexity index is 2700. The lowest BCUT2D eigenvalue weighted by Crippen LogP contribution is -2.68. The molecule has 9 N–H and O–H groups in total. The van der Waals surface area contributed by atoms with Gasteiger partial charge in [-0.3, -0.25) is 0 Å². The van der Waals surface area contributed by atoms with Crippen LogP contribution < -0.4 is 0 Å². The Morgan fingerprint density at radius 1 is 0.329 bits per heavy atom. The number of aliphatic hydroxyl groups is 7. The molecule has 4 heterocycles. The lowest BCUT2D eigenvalue weighted by atomic mass is 9.95. The normalized spacial score (nSPS) is 34.0. The van der Waals surface area contributed by atoms with Crippen molar-refractivity contribution in [2.24, 2.45) is 0 Å². The molecule has 0 saturated carbocycles. The van der Waals surface area contributed by atoms with E-state index in [-0.39, 0.29) is 39.6 Å². The van der Waals surface area contributed by atoms with Gasteiger partial charge < -0.3 is 103 Å². The zero-order valence-electron chi connectivity index (χ0n) is 44.2. The minimum absolute atomic E-state index is 0.0285. The molecule has 20 unspecified atom stereocenters. The smallest absolute Gasteiger partial charge is 0.335 e. The molecule has 0 aliphatic carbocycles. The van der Waals surface area contributed by atoms with Gasteiger partial charge in [0, 0.05) is 0 Å². The highest BCUT2D eigenvalue weighted by Crippen LogP contribution is 2.37. The summed E-state index contributed by atoms with van der Waals surface area (Å²) in [5.74, 6) is -3.21. The highest BCUT2D eigenvalue weighted by Gasteiger charge is 2.58. The zero-order valence-corrected chi connectivity index (χ0v) is 44.2. The van der Waals surface area contributed by atoms with Crippen LogP contribution in [-0.4, -0.2) is 194 Å². The number of rotatable bonds is 25. The molecule has 5 aromatic carbocycles. The summed E-state index contributed by atoms with van der Waals surface area (Å²) in [4.78, 5) is 25.9. The van der Waals surface area contributed by atoms with Crippen LogP contribution in [0.15, 0.2) is 152 Å². The number of aliphatic hydroxyl groups excluding tert-OH is 7. The van der Waals surface area contributed by atoms with E-state index in [1.54, 1.807) is 115 Å². The molecule has 4 fully saturated rings. The average molecular weight is 1150 g/mol. The number of ether oxygens (including phenoxy) is 12. The van der Waals surface area contributed by atoms with Crippen molar-refractivity contribution in [1.82, 2.24) is 0 Å². The molecule has 0 amide bonds. The van der Waals surface area contributed by atoms with Crippen LogP contribution in [0.2, 0.25) is 0 Å². The predicted octanol–water partition coefficient (Wildman–Crippen LogP) is 1.56. The van der Waals surface area contributed by atoms with Crippen LogP contribution in [0.5, 0.6) is 0 Å². The Labute approximate surface area is 471 Å². The SMILES string of the molecule is O=C(O)C1OC(OC2C(COCc3ccccc3)OC(OC3C(O)C(OC4C(COCc5ccccc5)OC(OCc5ccccc5)C(O)C4O)OC(C(=O)O)C3OCc3ccccc3)C(O)C2O)C(O)C(O)C1OCc1ccccc1. The Morgan fingerprint density at radius 2 is 0.634 bits per heavy atom. The highest BCUT2D eigenvalue weighted by molar-refractivity contribution is 5.74. The molecule has 4 saturated heterocycles. The van der Waals surface area contributed by atoms with Crippen LogP contribution in [-0.2, 0) is 99.5 Å². The first-order valence-corrected chi connectivity index (χ1v) is 26.7. The maximum Gasteiger partial charge on any atom is 0.335 e. The fraction of sp³-hybridized carbons (Fsp3) is 0.458. The van der Waals surface area contributed by atoms with E-state index in [0.29, 0.717) is 16.7 Å². The Kier molecular flexibility index (Phi) is 21.7. The van der Waals surface area contributed by atoms with E-state index in [1.807, 2.05) is 36.4 Å². The summed E-state index contributed by atoms with van der Waals surface area (Å²) < 4.78 is 72.8. The van der Waals surface area contributed by atoms with Crippen LogP contribution in [0.25, 0.3) is 0 Å². The van der Waals surface area contributed by atoms with Crippen LogP contribution in [0.3, 0.4) is 0 Å². The molecular weight excluding hydrogens is 1080 g/mol. The van der Waals surface area contributed by atoms with Gasteiger partial charge in [-0.25, -0.2) is 9.59 Å². The predicted molar refractivity (Wildman–Crippen MR) is 280 cm³/mol. The van der Waals surface area contributed by atoms with Crippen LogP contribution in [0.1, 0.15) is 27.8 Å². The molecule has 0 spiro atoms. The number of benzene rings is 5. The van der Waals surface area contributed by atoms with Gasteiger partial charge in [0.25, 0.3) is 0 Å². The summed E-state index contributed by atoms with van der Waals surface area (Å²) in [6.45, 7) is -1.16. The summed E-state index contributed by atoms with van der Waals surface area (Å²) in [6, 6.07) is 44.2. The second-order valence-corrected chi connectivity index (χ2v) is 20.2. The molecule has 4 aliphatic heterocycles. The van der Waals surface area contributed by atoms with Crippen molar-refractivity contribution in [3.05, 3.63) is 179 Å². The highest BCUT2D eigenvalue weighted by atomic mass is 16.8. The number of carboxylic acid groups (broad SMARTS) is 2. The second-order valence-electron chi connectivity index (χ2n) is 20.2. The Balaban J connectivity index is 0.977. The van der Waals surface area contributed by atoms with Gasteiger partial charge in [0.1, 0.15) is 85.5 Å². The first kappa shape index (κ1) is 60.9. The molecule has 9 rings (SSSR count). The topological polar surface area (TPSA) is 327 Å². The van der Waals surface area contributed by atoms with E-state index in [2.05, 4.69) is 0 Å². The molecule has 20 atom stereocenters. The number of carbonyl (C=O) groups is 2. The van der Waals surface area contributed by atoms with E-state index in [0.717, 1.165) is 11.1 Å². The summed E-state index contributed by atoms with van der Waals surface area (Å²) in [5.41, 5.74) is 3.42. The quantitative estimate of drug-likeness (QED) is 0.0400. The van der Waals surface area contributed by atoms with Crippen molar-refractivity contribution in [2.45, 2.75) is 156 Å². The molecule has 82 heavy (non-hydrogen) atoms. The summed E-state index contributed by atoms with van der Waals surface area (Å²) >= 11 is 0. The lowest BCUT2D eigenvalue weighted by Gasteiger charge is -2.49. The number of aliphatic carboxylic acids is 2. The number of hydrogen-bond donors (Lipinski definition) is 9. The van der Waals surface area contributed by atoms with Gasteiger partial charge in [-0.2, -0.15) is 0 Å². The van der Waals surface area contributed by atoms with Gasteiger partial charge in [0.15, 0.2) is 37.4 Å². The van der Waals surface area contributed by atoms with E-state index in [4.69, 9.17) is 56.8 Å².